The van der Waals surface area contributed by atoms with E-state index in [2.05, 4.69) is 5.16 Å². The lowest BCUT2D eigenvalue weighted by molar-refractivity contribution is 0.0965. The summed E-state index contributed by atoms with van der Waals surface area (Å²) in [7, 11) is 0. The van der Waals surface area contributed by atoms with Crippen LogP contribution in [-0.2, 0) is 10.4 Å². The summed E-state index contributed by atoms with van der Waals surface area (Å²) in [4.78, 5) is 10.9. The molecule has 2 N–H and O–H groups in total. The maximum absolute atomic E-state index is 10.9. The van der Waals surface area contributed by atoms with E-state index in [1.165, 1.54) is 6.07 Å². The first-order chi connectivity index (χ1) is 8.20. The van der Waals surface area contributed by atoms with Gasteiger partial charge in [0.1, 0.15) is 5.69 Å². The van der Waals surface area contributed by atoms with Gasteiger partial charge in [-0.05, 0) is 5.56 Å². The van der Waals surface area contributed by atoms with Gasteiger partial charge in [-0.25, -0.2) is 0 Å². The Balaban J connectivity index is 2.23. The molecule has 2 rings (SSSR count). The van der Waals surface area contributed by atoms with Crippen molar-refractivity contribution in [2.75, 3.05) is 0 Å². The first-order valence-electron chi connectivity index (χ1n) is 5.05. The monoisotopic (exact) mass is 246 g/mol. The summed E-state index contributed by atoms with van der Waals surface area (Å²) in [5.41, 5.74) is 7.65. The molecule has 0 spiro atoms. The minimum absolute atomic E-state index is 0.0620. The number of nitrogens with zero attached hydrogens (tertiary/aromatic N) is 1. The molecule has 0 aliphatic heterocycles. The van der Waals surface area contributed by atoms with E-state index in [4.69, 9.17) is 14.0 Å². The lowest BCUT2D eigenvalue weighted by Gasteiger charge is -2.01. The van der Waals surface area contributed by atoms with Crippen LogP contribution < -0.4 is 5.73 Å². The highest BCUT2D eigenvalue weighted by Crippen LogP contribution is 2.19. The molecule has 6 heteroatoms. The van der Waals surface area contributed by atoms with Crippen molar-refractivity contribution in [3.63, 3.8) is 0 Å². The Morgan fingerprint density at radius 3 is 2.65 bits per heavy atom. The normalized spacial score (nSPS) is 10.4. The van der Waals surface area contributed by atoms with Gasteiger partial charge in [-0.3, -0.25) is 4.79 Å². The van der Waals surface area contributed by atoms with Gasteiger partial charge in [-0.1, -0.05) is 29.4 Å². The van der Waals surface area contributed by atoms with Gasteiger partial charge in [0.25, 0.3) is 5.91 Å². The number of primary amides is 1. The van der Waals surface area contributed by atoms with Crippen LogP contribution in [0.3, 0.4) is 0 Å². The number of amides is 1. The first-order valence-corrected chi connectivity index (χ1v) is 5.87. The Morgan fingerprint density at radius 1 is 1.41 bits per heavy atom. The number of rotatable bonds is 4. The van der Waals surface area contributed by atoms with Crippen molar-refractivity contribution < 1.29 is 13.1 Å². The van der Waals surface area contributed by atoms with Gasteiger partial charge in [0.05, 0.1) is 0 Å². The summed E-state index contributed by atoms with van der Waals surface area (Å²) in [5.74, 6) is -0.559. The topological polar surface area (TPSA) is 78.4 Å². The van der Waals surface area contributed by atoms with Crippen LogP contribution in [0, 0.1) is 0 Å². The number of aromatic nitrogens is 1. The molecule has 0 saturated carbocycles. The molecule has 1 aromatic heterocycles. The second-order valence-electron chi connectivity index (χ2n) is 3.57. The fraction of sp³-hybridized carbons (Fsp3) is 0.0909. The van der Waals surface area contributed by atoms with E-state index in [0.29, 0.717) is 12.3 Å². The molecule has 0 aliphatic carbocycles. The second-order valence-corrected chi connectivity index (χ2v) is 4.15. The van der Waals surface area contributed by atoms with Crippen molar-refractivity contribution >= 4 is 22.5 Å². The van der Waals surface area contributed by atoms with Gasteiger partial charge in [-0.15, -0.1) is 0 Å². The Kier molecular flexibility index (Phi) is 3.59. The van der Waals surface area contributed by atoms with Crippen molar-refractivity contribution in [3.8, 4) is 11.3 Å². The molecule has 5 nitrogen and oxygen atoms in total. The fourth-order valence-electron chi connectivity index (χ4n) is 1.47. The third-order valence-corrected chi connectivity index (χ3v) is 2.60. The Hall–Kier alpha value is -1.61. The number of nitrogens with two attached hydrogens (primary N) is 1. The van der Waals surface area contributed by atoms with Gasteiger partial charge in [0.2, 0.25) is 5.76 Å². The lowest BCUT2D eigenvalue weighted by atomic mass is 10.1. The van der Waals surface area contributed by atoms with Gasteiger partial charge < -0.3 is 14.0 Å². The third kappa shape index (κ3) is 2.74. The molecule has 1 aromatic carbocycles. The molecule has 0 unspecified atom stereocenters. The van der Waals surface area contributed by atoms with Crippen LogP contribution in [0.1, 0.15) is 16.1 Å². The van der Waals surface area contributed by atoms with Crippen molar-refractivity contribution in [1.29, 1.82) is 0 Å². The van der Waals surface area contributed by atoms with Crippen molar-refractivity contribution in [1.82, 2.24) is 5.16 Å². The minimum atomic E-state index is -0.621. The lowest BCUT2D eigenvalue weighted by Crippen LogP contribution is -2.09. The highest BCUT2D eigenvalue weighted by molar-refractivity contribution is 5.97. The van der Waals surface area contributed by atoms with Crippen LogP contribution in [0.2, 0.25) is 0 Å². The Labute approximate surface area is 106 Å². The number of hydrogen-bond donors (Lipinski definition) is 1. The summed E-state index contributed by atoms with van der Waals surface area (Å²) >= 11 is 0.720. The SMILES string of the molecule is NC(=O)c1cc(-c2ccc(C[O][AlH2])cc2)no1. The molecule has 0 radical (unpaired) electrons. The van der Waals surface area contributed by atoms with Gasteiger partial charge >= 0.3 is 16.6 Å². The van der Waals surface area contributed by atoms with E-state index in [0.717, 1.165) is 27.8 Å². The average molecular weight is 246 g/mol. The van der Waals surface area contributed by atoms with Crippen molar-refractivity contribution in [3.05, 3.63) is 41.7 Å². The number of carbonyl (C=O) groups excluding carboxylic acids is 1. The summed E-state index contributed by atoms with van der Waals surface area (Å²) < 4.78 is 9.97. The molecule has 86 valence electrons. The Bertz CT molecular complexity index is 522. The fourth-order valence-corrected chi connectivity index (χ4v) is 1.80. The zero-order valence-electron chi connectivity index (χ0n) is 9.34. The molecule has 0 aliphatic rings. The molecular formula is C11H11AlN2O3. The second kappa shape index (κ2) is 5.15. The molecule has 1 heterocycles. The number of benzene rings is 1. The highest BCUT2D eigenvalue weighted by Gasteiger charge is 2.10. The summed E-state index contributed by atoms with van der Waals surface area (Å²) in [6.45, 7) is 0.623. The van der Waals surface area contributed by atoms with Crippen LogP contribution in [0.4, 0.5) is 0 Å². The molecule has 2 aromatic rings. The van der Waals surface area contributed by atoms with Gasteiger partial charge in [-0.2, -0.15) is 0 Å². The van der Waals surface area contributed by atoms with Crippen LogP contribution in [-0.4, -0.2) is 27.7 Å². The standard InChI is InChI=1S/C11H9N2O3.Al.2H/c12-11(15)10-5-9(13-16-10)8-3-1-7(6-14)2-4-8;;;/h1-5H,6H2,(H2,12,15);;;/q-1;+1;;. The minimum Gasteiger partial charge on any atom is -0.503 e. The van der Waals surface area contributed by atoms with Crippen LogP contribution in [0.15, 0.2) is 34.9 Å². The number of carbonyl (C=O) groups is 1. The summed E-state index contributed by atoms with van der Waals surface area (Å²) in [6.07, 6.45) is 0. The zero-order valence-corrected chi connectivity index (χ0v) is 11.3. The zero-order chi connectivity index (χ0) is 12.3. The van der Waals surface area contributed by atoms with E-state index in [1.54, 1.807) is 0 Å². The van der Waals surface area contributed by atoms with Gasteiger partial charge in [0, 0.05) is 18.2 Å². The summed E-state index contributed by atoms with van der Waals surface area (Å²) in [5, 5.41) is 3.78. The van der Waals surface area contributed by atoms with E-state index < -0.39 is 5.91 Å². The summed E-state index contributed by atoms with van der Waals surface area (Å²) in [6, 6.07) is 9.23. The van der Waals surface area contributed by atoms with Crippen LogP contribution >= 0.6 is 0 Å². The van der Waals surface area contributed by atoms with E-state index in [-0.39, 0.29) is 5.76 Å². The average Bonchev–Trinajstić information content (AvgIpc) is 2.80. The smallest absolute Gasteiger partial charge is 0.410 e. The largest absolute Gasteiger partial charge is 0.503 e. The van der Waals surface area contributed by atoms with Crippen molar-refractivity contribution in [2.24, 2.45) is 5.73 Å². The molecule has 1 amide bonds. The van der Waals surface area contributed by atoms with E-state index >= 15 is 0 Å². The molecule has 0 bridgehead atoms. The van der Waals surface area contributed by atoms with Gasteiger partial charge in [0.15, 0.2) is 0 Å². The molecule has 0 atom stereocenters. The van der Waals surface area contributed by atoms with Crippen LogP contribution in [0.5, 0.6) is 0 Å². The Morgan fingerprint density at radius 2 is 2.12 bits per heavy atom. The maximum Gasteiger partial charge on any atom is 0.410 e. The van der Waals surface area contributed by atoms with E-state index in [1.807, 2.05) is 24.3 Å². The third-order valence-electron chi connectivity index (χ3n) is 2.31. The predicted molar refractivity (Wildman–Crippen MR) is 63.8 cm³/mol. The molecule has 17 heavy (non-hydrogen) atoms. The quantitative estimate of drug-likeness (QED) is 0.797. The number of hydrogen-bond acceptors (Lipinski definition) is 4. The van der Waals surface area contributed by atoms with E-state index in [9.17, 15) is 4.79 Å². The molecule has 0 saturated heterocycles. The highest BCUT2D eigenvalue weighted by atomic mass is 27.1. The van der Waals surface area contributed by atoms with Crippen molar-refractivity contribution in [2.45, 2.75) is 6.61 Å². The maximum atomic E-state index is 10.9. The predicted octanol–water partition coefficient (Wildman–Crippen LogP) is 0.505. The first kappa shape index (κ1) is 11.9. The molecule has 0 fully saturated rings. The molecular weight excluding hydrogens is 235 g/mol. The van der Waals surface area contributed by atoms with Crippen LogP contribution in [0.25, 0.3) is 11.3 Å².